The van der Waals surface area contributed by atoms with Crippen molar-refractivity contribution in [1.29, 1.82) is 0 Å². The van der Waals surface area contributed by atoms with Crippen LogP contribution in [0.1, 0.15) is 53.5 Å². The summed E-state index contributed by atoms with van der Waals surface area (Å²) in [5, 5.41) is 12.6. The molecule has 0 radical (unpaired) electrons. The van der Waals surface area contributed by atoms with Crippen LogP contribution in [0.4, 0.5) is 0 Å². The average molecular weight is 374 g/mol. The SMILES string of the molecule is Cc1c(C(=O)N(Cc2ccc(Cl)cc2)C2CC2)nnn1C1CCNCC1. The predicted octanol–water partition coefficient (Wildman–Crippen LogP) is 2.97. The van der Waals surface area contributed by atoms with Gasteiger partial charge in [0.25, 0.3) is 5.91 Å². The van der Waals surface area contributed by atoms with Gasteiger partial charge in [0.1, 0.15) is 0 Å². The monoisotopic (exact) mass is 373 g/mol. The van der Waals surface area contributed by atoms with Crippen molar-refractivity contribution in [3.8, 4) is 0 Å². The molecule has 1 saturated heterocycles. The maximum absolute atomic E-state index is 13.2. The molecular formula is C19H24ClN5O. The summed E-state index contributed by atoms with van der Waals surface area (Å²) in [5.74, 6) is -0.0138. The van der Waals surface area contributed by atoms with Gasteiger partial charge in [-0.05, 0) is 63.4 Å². The van der Waals surface area contributed by atoms with Gasteiger partial charge in [-0.25, -0.2) is 4.68 Å². The van der Waals surface area contributed by atoms with Crippen molar-refractivity contribution >= 4 is 17.5 Å². The third-order valence-corrected chi connectivity index (χ3v) is 5.55. The van der Waals surface area contributed by atoms with Crippen LogP contribution in [0.15, 0.2) is 24.3 Å². The van der Waals surface area contributed by atoms with E-state index in [1.54, 1.807) is 0 Å². The highest BCUT2D eigenvalue weighted by Gasteiger charge is 2.35. The fourth-order valence-corrected chi connectivity index (χ4v) is 3.74. The van der Waals surface area contributed by atoms with Gasteiger partial charge in [-0.15, -0.1) is 5.10 Å². The minimum absolute atomic E-state index is 0.0138. The van der Waals surface area contributed by atoms with Crippen LogP contribution in [0.5, 0.6) is 0 Å². The van der Waals surface area contributed by atoms with Gasteiger partial charge < -0.3 is 10.2 Å². The molecule has 26 heavy (non-hydrogen) atoms. The Labute approximate surface area is 158 Å². The van der Waals surface area contributed by atoms with Crippen LogP contribution in [0.3, 0.4) is 0 Å². The number of carbonyl (C=O) groups is 1. The van der Waals surface area contributed by atoms with Crippen LogP contribution in [-0.4, -0.2) is 44.9 Å². The smallest absolute Gasteiger partial charge is 0.276 e. The van der Waals surface area contributed by atoms with Crippen molar-refractivity contribution in [2.45, 2.75) is 51.2 Å². The summed E-state index contributed by atoms with van der Waals surface area (Å²) in [5.41, 5.74) is 2.45. The highest BCUT2D eigenvalue weighted by molar-refractivity contribution is 6.30. The van der Waals surface area contributed by atoms with E-state index in [0.717, 1.165) is 50.0 Å². The number of hydrogen-bond donors (Lipinski definition) is 1. The molecule has 2 aliphatic rings. The van der Waals surface area contributed by atoms with Crippen molar-refractivity contribution in [3.05, 3.63) is 46.2 Å². The molecule has 7 heteroatoms. The molecule has 1 aromatic carbocycles. The van der Waals surface area contributed by atoms with E-state index in [4.69, 9.17) is 11.6 Å². The third-order valence-electron chi connectivity index (χ3n) is 5.30. The molecular weight excluding hydrogens is 350 g/mol. The van der Waals surface area contributed by atoms with Crippen molar-refractivity contribution < 1.29 is 4.79 Å². The van der Waals surface area contributed by atoms with Crippen molar-refractivity contribution in [3.63, 3.8) is 0 Å². The molecule has 4 rings (SSSR count). The zero-order valence-electron chi connectivity index (χ0n) is 15.0. The minimum Gasteiger partial charge on any atom is -0.330 e. The Morgan fingerprint density at radius 2 is 1.92 bits per heavy atom. The van der Waals surface area contributed by atoms with Gasteiger partial charge in [-0.1, -0.05) is 28.9 Å². The molecule has 0 atom stereocenters. The third kappa shape index (κ3) is 3.62. The molecule has 2 aromatic rings. The van der Waals surface area contributed by atoms with E-state index in [2.05, 4.69) is 15.6 Å². The summed E-state index contributed by atoms with van der Waals surface area (Å²) in [7, 11) is 0. The quantitative estimate of drug-likeness (QED) is 0.875. The number of halogens is 1. The lowest BCUT2D eigenvalue weighted by atomic mass is 10.1. The van der Waals surface area contributed by atoms with Gasteiger partial charge in [0.05, 0.1) is 11.7 Å². The fourth-order valence-electron chi connectivity index (χ4n) is 3.61. The van der Waals surface area contributed by atoms with Crippen LogP contribution >= 0.6 is 11.6 Å². The van der Waals surface area contributed by atoms with Crippen LogP contribution in [0, 0.1) is 6.92 Å². The number of amides is 1. The first-order valence-corrected chi connectivity index (χ1v) is 9.69. The maximum atomic E-state index is 13.2. The van der Waals surface area contributed by atoms with E-state index in [0.29, 0.717) is 29.3 Å². The van der Waals surface area contributed by atoms with E-state index in [9.17, 15) is 4.79 Å². The molecule has 1 aliphatic carbocycles. The van der Waals surface area contributed by atoms with Gasteiger partial charge in [-0.2, -0.15) is 0 Å². The zero-order chi connectivity index (χ0) is 18.1. The van der Waals surface area contributed by atoms with Crippen LogP contribution in [-0.2, 0) is 6.54 Å². The number of piperidine rings is 1. The summed E-state index contributed by atoms with van der Waals surface area (Å²) >= 11 is 5.97. The highest BCUT2D eigenvalue weighted by atomic mass is 35.5. The largest absolute Gasteiger partial charge is 0.330 e. The first kappa shape index (κ1) is 17.5. The summed E-state index contributed by atoms with van der Waals surface area (Å²) in [4.78, 5) is 15.1. The number of nitrogens with one attached hydrogen (secondary N) is 1. The molecule has 6 nitrogen and oxygen atoms in total. The summed E-state index contributed by atoms with van der Waals surface area (Å²) in [6.07, 6.45) is 4.16. The van der Waals surface area contributed by atoms with Crippen LogP contribution < -0.4 is 5.32 Å². The van der Waals surface area contributed by atoms with Crippen LogP contribution in [0.2, 0.25) is 5.02 Å². The average Bonchev–Trinajstić information content (AvgIpc) is 3.43. The normalized spacial score (nSPS) is 18.1. The molecule has 1 saturated carbocycles. The van der Waals surface area contributed by atoms with Gasteiger partial charge in [0, 0.05) is 17.6 Å². The fraction of sp³-hybridized carbons (Fsp3) is 0.526. The van der Waals surface area contributed by atoms with Crippen molar-refractivity contribution in [2.75, 3.05) is 13.1 Å². The van der Waals surface area contributed by atoms with Crippen molar-refractivity contribution in [1.82, 2.24) is 25.2 Å². The molecule has 0 bridgehead atoms. The number of aromatic nitrogens is 3. The molecule has 1 amide bonds. The van der Waals surface area contributed by atoms with Gasteiger partial charge in [0.2, 0.25) is 0 Å². The lowest BCUT2D eigenvalue weighted by Crippen LogP contribution is -2.33. The Morgan fingerprint density at radius 1 is 1.23 bits per heavy atom. The minimum atomic E-state index is -0.0138. The van der Waals surface area contributed by atoms with Gasteiger partial charge >= 0.3 is 0 Å². The second-order valence-corrected chi connectivity index (χ2v) is 7.68. The molecule has 0 spiro atoms. The van der Waals surface area contributed by atoms with Gasteiger partial charge in [0.15, 0.2) is 5.69 Å². The Balaban J connectivity index is 1.54. The van der Waals surface area contributed by atoms with Crippen molar-refractivity contribution in [2.24, 2.45) is 0 Å². The van der Waals surface area contributed by atoms with E-state index in [-0.39, 0.29) is 5.91 Å². The topological polar surface area (TPSA) is 63.1 Å². The first-order chi connectivity index (χ1) is 12.6. The molecule has 2 heterocycles. The molecule has 0 unspecified atom stereocenters. The molecule has 1 aliphatic heterocycles. The molecule has 1 N–H and O–H groups in total. The first-order valence-electron chi connectivity index (χ1n) is 9.31. The Kier molecular flexibility index (Phi) is 4.96. The summed E-state index contributed by atoms with van der Waals surface area (Å²) in [6.45, 7) is 4.51. The summed E-state index contributed by atoms with van der Waals surface area (Å²) < 4.78 is 1.95. The maximum Gasteiger partial charge on any atom is 0.276 e. The molecule has 2 fully saturated rings. The zero-order valence-corrected chi connectivity index (χ0v) is 15.7. The highest BCUT2D eigenvalue weighted by Crippen LogP contribution is 2.30. The molecule has 138 valence electrons. The standard InChI is InChI=1S/C19H24ClN5O/c1-13-18(22-23-25(13)17-8-10-21-11-9-17)19(26)24(16-6-7-16)12-14-2-4-15(20)5-3-14/h2-5,16-17,21H,6-12H2,1H3. The Bertz CT molecular complexity index is 778. The number of benzene rings is 1. The van der Waals surface area contributed by atoms with E-state index in [1.807, 2.05) is 40.8 Å². The molecule has 1 aromatic heterocycles. The number of hydrogen-bond acceptors (Lipinski definition) is 4. The van der Waals surface area contributed by atoms with Crippen LogP contribution in [0.25, 0.3) is 0 Å². The van der Waals surface area contributed by atoms with E-state index >= 15 is 0 Å². The number of nitrogens with zero attached hydrogens (tertiary/aromatic N) is 4. The Hall–Kier alpha value is -1.92. The van der Waals surface area contributed by atoms with E-state index < -0.39 is 0 Å². The van der Waals surface area contributed by atoms with Gasteiger partial charge in [-0.3, -0.25) is 4.79 Å². The number of carbonyl (C=O) groups excluding carboxylic acids is 1. The lowest BCUT2D eigenvalue weighted by Gasteiger charge is -2.24. The van der Waals surface area contributed by atoms with E-state index in [1.165, 1.54) is 0 Å². The summed E-state index contributed by atoms with van der Waals surface area (Å²) in [6, 6.07) is 8.32. The number of rotatable bonds is 5. The second kappa shape index (κ2) is 7.37. The Morgan fingerprint density at radius 3 is 2.58 bits per heavy atom. The second-order valence-electron chi connectivity index (χ2n) is 7.24. The lowest BCUT2D eigenvalue weighted by molar-refractivity contribution is 0.0723. The predicted molar refractivity (Wildman–Crippen MR) is 100 cm³/mol.